The van der Waals surface area contributed by atoms with E-state index in [0.717, 1.165) is 39.5 Å². The monoisotopic (exact) mass is 485 g/mol. The summed E-state index contributed by atoms with van der Waals surface area (Å²) in [5.41, 5.74) is 9.04. The number of nitrogens with one attached hydrogen (secondary N) is 1. The van der Waals surface area contributed by atoms with Gasteiger partial charge >= 0.3 is 0 Å². The molecule has 0 aliphatic carbocycles. The van der Waals surface area contributed by atoms with Crippen LogP contribution in [0.2, 0.25) is 0 Å². The Balaban J connectivity index is 1.37. The van der Waals surface area contributed by atoms with Crippen LogP contribution in [0.3, 0.4) is 0 Å². The van der Waals surface area contributed by atoms with E-state index in [2.05, 4.69) is 135 Å². The molecule has 7 aromatic rings. The zero-order valence-corrected chi connectivity index (χ0v) is 21.4. The fraction of sp³-hybridized carbons (Fsp3) is 0. The van der Waals surface area contributed by atoms with Crippen molar-refractivity contribution < 1.29 is 0 Å². The van der Waals surface area contributed by atoms with Crippen molar-refractivity contribution in [1.29, 1.82) is 0 Å². The van der Waals surface area contributed by atoms with Crippen molar-refractivity contribution >= 4 is 76.3 Å². The van der Waals surface area contributed by atoms with Crippen molar-refractivity contribution in [3.05, 3.63) is 121 Å². The van der Waals surface area contributed by atoms with Crippen LogP contribution in [-0.4, -0.2) is 25.7 Å². The van der Waals surface area contributed by atoms with E-state index in [1.54, 1.807) is 0 Å². The first kappa shape index (κ1) is 22.4. The second-order valence-electron chi connectivity index (χ2n) is 9.96. The summed E-state index contributed by atoms with van der Waals surface area (Å²) in [7, 11) is 4.30. The van der Waals surface area contributed by atoms with E-state index in [9.17, 15) is 0 Å². The minimum atomic E-state index is 0.882. The normalized spacial score (nSPS) is 11.4. The molecule has 1 heterocycles. The highest BCUT2D eigenvalue weighted by molar-refractivity contribution is 6.37. The van der Waals surface area contributed by atoms with E-state index in [1.165, 1.54) is 32.5 Å². The maximum Gasteiger partial charge on any atom is 0.139 e. The van der Waals surface area contributed by atoms with Gasteiger partial charge in [0.25, 0.3) is 0 Å². The lowest BCUT2D eigenvalue weighted by molar-refractivity contribution is 1.28. The van der Waals surface area contributed by atoms with E-state index in [-0.39, 0.29) is 0 Å². The van der Waals surface area contributed by atoms with Gasteiger partial charge in [-0.25, -0.2) is 4.98 Å². The van der Waals surface area contributed by atoms with Gasteiger partial charge in [-0.15, -0.1) is 0 Å². The first-order valence-corrected chi connectivity index (χ1v) is 13.0. The Morgan fingerprint density at radius 1 is 0.526 bits per heavy atom. The van der Waals surface area contributed by atoms with E-state index in [4.69, 9.17) is 4.98 Å². The Hall–Kier alpha value is -4.76. The zero-order chi connectivity index (χ0) is 25.6. The third-order valence-electron chi connectivity index (χ3n) is 7.30. The van der Waals surface area contributed by atoms with Gasteiger partial charge < -0.3 is 9.88 Å². The molecule has 0 unspecified atom stereocenters. The third-order valence-corrected chi connectivity index (χ3v) is 7.30. The molecule has 1 N–H and O–H groups in total. The average Bonchev–Trinajstić information content (AvgIpc) is 3.40. The number of benzene rings is 6. The predicted octanol–water partition coefficient (Wildman–Crippen LogP) is 5.52. The smallest absolute Gasteiger partial charge is 0.139 e. The Bertz CT molecular complexity index is 1810. The summed E-state index contributed by atoms with van der Waals surface area (Å²) in [4.78, 5) is 11.1. The molecule has 0 aliphatic heterocycles. The van der Waals surface area contributed by atoms with Gasteiger partial charge in [0.2, 0.25) is 0 Å². The molecule has 0 saturated carbocycles. The summed E-state index contributed by atoms with van der Waals surface area (Å²) in [6.07, 6.45) is 0. The van der Waals surface area contributed by atoms with Gasteiger partial charge in [-0.2, -0.15) is 0 Å². The Kier molecular flexibility index (Phi) is 5.29. The van der Waals surface area contributed by atoms with Gasteiger partial charge in [0.15, 0.2) is 0 Å². The molecule has 5 heteroatoms. The molecule has 3 nitrogen and oxygen atoms in total. The number of hydrogen-bond donors (Lipinski definition) is 1. The molecule has 6 aromatic carbocycles. The molecule has 0 spiro atoms. The maximum absolute atomic E-state index is 5.14. The second-order valence-corrected chi connectivity index (χ2v) is 9.96. The third kappa shape index (κ3) is 3.75. The summed E-state index contributed by atoms with van der Waals surface area (Å²) >= 11 is 0. The van der Waals surface area contributed by atoms with E-state index in [1.807, 2.05) is 12.1 Å². The molecular weight excluding hydrogens is 460 g/mol. The van der Waals surface area contributed by atoms with E-state index >= 15 is 0 Å². The van der Waals surface area contributed by atoms with Crippen LogP contribution in [0.25, 0.3) is 44.0 Å². The van der Waals surface area contributed by atoms with Crippen molar-refractivity contribution in [1.82, 2.24) is 9.97 Å². The molecule has 0 bridgehead atoms. The molecule has 38 heavy (non-hydrogen) atoms. The fourth-order valence-corrected chi connectivity index (χ4v) is 5.46. The Labute approximate surface area is 223 Å². The lowest BCUT2D eigenvalue weighted by Gasteiger charge is -2.25. The Morgan fingerprint density at radius 2 is 1.05 bits per heavy atom. The van der Waals surface area contributed by atoms with Crippen LogP contribution in [-0.2, 0) is 0 Å². The van der Waals surface area contributed by atoms with E-state index < -0.39 is 0 Å². The predicted molar refractivity (Wildman–Crippen MR) is 168 cm³/mol. The second kappa shape index (κ2) is 8.97. The molecule has 7 rings (SSSR count). The van der Waals surface area contributed by atoms with Crippen molar-refractivity contribution in [3.8, 4) is 11.4 Å². The number of H-pyrrole nitrogens is 1. The van der Waals surface area contributed by atoms with Gasteiger partial charge in [0.05, 0.1) is 11.0 Å². The van der Waals surface area contributed by atoms with Crippen LogP contribution in [0.5, 0.6) is 0 Å². The van der Waals surface area contributed by atoms with Crippen molar-refractivity contribution in [2.75, 3.05) is 4.90 Å². The van der Waals surface area contributed by atoms with Crippen LogP contribution >= 0.6 is 0 Å². The Morgan fingerprint density at radius 3 is 1.66 bits per heavy atom. The summed E-state index contributed by atoms with van der Waals surface area (Å²) in [6, 6.07) is 43.0. The number of aromatic nitrogens is 2. The first-order chi connectivity index (χ1) is 18.7. The van der Waals surface area contributed by atoms with Crippen molar-refractivity contribution in [2.24, 2.45) is 0 Å². The van der Waals surface area contributed by atoms with Crippen molar-refractivity contribution in [3.63, 3.8) is 0 Å². The van der Waals surface area contributed by atoms with Gasteiger partial charge in [-0.1, -0.05) is 83.7 Å². The topological polar surface area (TPSA) is 31.9 Å². The van der Waals surface area contributed by atoms with Crippen molar-refractivity contribution in [2.45, 2.75) is 0 Å². The SMILES string of the molecule is Bc1ccc2c(c1)c1cc(B)ccc1c1[nH]c(-c3ccc(N(c4ccccc4)c4ccccc4)cc3)nc21. The molecule has 0 aliphatic rings. The number of rotatable bonds is 4. The zero-order valence-electron chi connectivity index (χ0n) is 21.4. The van der Waals surface area contributed by atoms with Crippen LogP contribution in [0.4, 0.5) is 17.1 Å². The van der Waals surface area contributed by atoms with Crippen LogP contribution < -0.4 is 15.8 Å². The fourth-order valence-electron chi connectivity index (χ4n) is 5.46. The molecule has 0 fully saturated rings. The van der Waals surface area contributed by atoms with Gasteiger partial charge in [-0.3, -0.25) is 0 Å². The van der Waals surface area contributed by atoms with Crippen LogP contribution in [0.15, 0.2) is 121 Å². The maximum atomic E-state index is 5.14. The van der Waals surface area contributed by atoms with E-state index in [0.29, 0.717) is 0 Å². The number of fused-ring (bicyclic) bond motifs is 6. The quantitative estimate of drug-likeness (QED) is 0.263. The average molecular weight is 485 g/mol. The first-order valence-electron chi connectivity index (χ1n) is 13.0. The molecular formula is C33H25B2N3. The number of para-hydroxylation sites is 2. The summed E-state index contributed by atoms with van der Waals surface area (Å²) in [6.45, 7) is 0. The highest BCUT2D eigenvalue weighted by atomic mass is 15.1. The molecule has 0 radical (unpaired) electrons. The lowest BCUT2D eigenvalue weighted by Crippen LogP contribution is -2.09. The number of aromatic amines is 1. The summed E-state index contributed by atoms with van der Waals surface area (Å²) in [5, 5.41) is 4.91. The summed E-state index contributed by atoms with van der Waals surface area (Å²) in [5.74, 6) is 0.882. The van der Waals surface area contributed by atoms with Crippen LogP contribution in [0.1, 0.15) is 0 Å². The van der Waals surface area contributed by atoms with Crippen LogP contribution in [0, 0.1) is 0 Å². The summed E-state index contributed by atoms with van der Waals surface area (Å²) < 4.78 is 0. The molecule has 178 valence electrons. The molecule has 0 atom stereocenters. The highest BCUT2D eigenvalue weighted by Crippen LogP contribution is 2.37. The number of anilines is 3. The van der Waals surface area contributed by atoms with Gasteiger partial charge in [0.1, 0.15) is 21.5 Å². The minimum Gasteiger partial charge on any atom is -0.337 e. The molecule has 0 amide bonds. The number of imidazole rings is 1. The number of hydrogen-bond acceptors (Lipinski definition) is 2. The van der Waals surface area contributed by atoms with Gasteiger partial charge in [-0.05, 0) is 59.3 Å². The minimum absolute atomic E-state index is 0.882. The number of nitrogens with zero attached hydrogens (tertiary/aromatic N) is 2. The molecule has 0 saturated heterocycles. The van der Waals surface area contributed by atoms with Gasteiger partial charge in [0, 0.05) is 33.4 Å². The molecule has 1 aromatic heterocycles. The largest absolute Gasteiger partial charge is 0.337 e. The standard InChI is InChI=1S/C33H25B2N3/c34-22-13-17-27-29(19-22)30-20-23(35)14-18-28(30)32-31(27)36-33(37-32)21-11-15-26(16-12-21)38(24-7-3-1-4-8-24)25-9-5-2-6-10-25/h1-20H,34-35H2,(H,36,37). The lowest BCUT2D eigenvalue weighted by atomic mass is 9.88. The highest BCUT2D eigenvalue weighted by Gasteiger charge is 2.16.